The molecule has 1 aromatic rings. The van der Waals surface area contributed by atoms with Crippen molar-refractivity contribution < 1.29 is 12.8 Å². The Morgan fingerprint density at radius 3 is 2.69 bits per heavy atom. The number of halogens is 3. The minimum absolute atomic E-state index is 0. The first kappa shape index (κ1) is 23.6. The molecule has 1 heterocycles. The summed E-state index contributed by atoms with van der Waals surface area (Å²) in [6.07, 6.45) is 2.09. The maximum absolute atomic E-state index is 13.7. The molecule has 1 saturated heterocycles. The number of hydrogen-bond acceptors (Lipinski definition) is 3. The van der Waals surface area contributed by atoms with Gasteiger partial charge < -0.3 is 10.6 Å². The van der Waals surface area contributed by atoms with Crippen LogP contribution in [0.1, 0.15) is 18.4 Å². The molecule has 26 heavy (non-hydrogen) atoms. The van der Waals surface area contributed by atoms with Gasteiger partial charge in [0.2, 0.25) is 10.0 Å². The number of nitrogens with zero attached hydrogens (tertiary/aromatic N) is 2. The second-order valence-electron chi connectivity index (χ2n) is 5.83. The van der Waals surface area contributed by atoms with Crippen molar-refractivity contribution in [3.8, 4) is 0 Å². The normalized spacial score (nSPS) is 17.0. The van der Waals surface area contributed by atoms with Crippen molar-refractivity contribution in [2.75, 3.05) is 39.0 Å². The molecule has 2 rings (SSSR count). The van der Waals surface area contributed by atoms with E-state index in [1.54, 1.807) is 13.1 Å². The molecule has 0 unspecified atom stereocenters. The number of rotatable bonds is 7. The van der Waals surface area contributed by atoms with E-state index in [9.17, 15) is 12.8 Å². The van der Waals surface area contributed by atoms with E-state index in [0.29, 0.717) is 50.5 Å². The minimum atomic E-state index is -3.06. The van der Waals surface area contributed by atoms with Gasteiger partial charge in [0.05, 0.1) is 5.75 Å². The Balaban J connectivity index is 0.00000338. The van der Waals surface area contributed by atoms with Gasteiger partial charge in [-0.05, 0) is 37.0 Å². The topological polar surface area (TPSA) is 73.8 Å². The van der Waals surface area contributed by atoms with Gasteiger partial charge >= 0.3 is 0 Å². The van der Waals surface area contributed by atoms with Gasteiger partial charge in [-0.3, -0.25) is 4.99 Å². The molecule has 0 amide bonds. The van der Waals surface area contributed by atoms with Crippen LogP contribution in [0.5, 0.6) is 0 Å². The van der Waals surface area contributed by atoms with Gasteiger partial charge in [0.1, 0.15) is 5.82 Å². The van der Waals surface area contributed by atoms with Crippen molar-refractivity contribution >= 4 is 55.9 Å². The molecule has 10 heteroatoms. The highest BCUT2D eigenvalue weighted by Gasteiger charge is 2.27. The molecule has 0 saturated carbocycles. The largest absolute Gasteiger partial charge is 0.356 e. The third kappa shape index (κ3) is 7.28. The second kappa shape index (κ2) is 11.4. The lowest BCUT2D eigenvalue weighted by atomic mass is 10.1. The number of aryl methyl sites for hydroxylation is 1. The van der Waals surface area contributed by atoms with Gasteiger partial charge in [-0.2, -0.15) is 0 Å². The highest BCUT2D eigenvalue weighted by atomic mass is 127. The van der Waals surface area contributed by atoms with E-state index in [2.05, 4.69) is 31.6 Å². The Kier molecular flexibility index (Phi) is 10.3. The summed E-state index contributed by atoms with van der Waals surface area (Å²) >= 11 is 3.24. The van der Waals surface area contributed by atoms with Crippen molar-refractivity contribution in [1.29, 1.82) is 0 Å². The molecule has 148 valence electrons. The van der Waals surface area contributed by atoms with Crippen LogP contribution in [0.2, 0.25) is 0 Å². The third-order valence-electron chi connectivity index (χ3n) is 4.01. The molecule has 0 bridgehead atoms. The predicted octanol–water partition coefficient (Wildman–Crippen LogP) is 2.34. The van der Waals surface area contributed by atoms with Gasteiger partial charge in [0.15, 0.2) is 5.96 Å². The average molecular weight is 563 g/mol. The quantitative estimate of drug-likeness (QED) is 0.232. The Morgan fingerprint density at radius 2 is 2.08 bits per heavy atom. The monoisotopic (exact) mass is 562 g/mol. The van der Waals surface area contributed by atoms with Gasteiger partial charge in [0, 0.05) is 37.7 Å². The van der Waals surface area contributed by atoms with Gasteiger partial charge in [-0.1, -0.05) is 22.0 Å². The molecule has 6 nitrogen and oxygen atoms in total. The molecule has 0 atom stereocenters. The first-order valence-electron chi connectivity index (χ1n) is 8.28. The zero-order chi connectivity index (χ0) is 18.3. The molecule has 1 aliphatic rings. The standard InChI is InChI=1S/C16H24BrFN4O2S.HI/c1-19-16(21-8-10-22-9-3-11-25(22,23)24)20-7-2-4-13-5-6-14(17)12-15(13)18;/h5-6,12H,2-4,7-11H2,1H3,(H2,19,20,21);1H. The number of guanidine groups is 1. The molecule has 0 spiro atoms. The summed E-state index contributed by atoms with van der Waals surface area (Å²) in [7, 11) is -1.39. The summed E-state index contributed by atoms with van der Waals surface area (Å²) in [5.74, 6) is 0.656. The van der Waals surface area contributed by atoms with E-state index in [4.69, 9.17) is 0 Å². The fraction of sp³-hybridized carbons (Fsp3) is 0.562. The van der Waals surface area contributed by atoms with Crippen molar-refractivity contribution in [3.63, 3.8) is 0 Å². The van der Waals surface area contributed by atoms with Crippen molar-refractivity contribution in [3.05, 3.63) is 34.1 Å². The van der Waals surface area contributed by atoms with Crippen LogP contribution in [0.25, 0.3) is 0 Å². The molecule has 2 N–H and O–H groups in total. The fourth-order valence-corrected chi connectivity index (χ4v) is 4.53. The van der Waals surface area contributed by atoms with E-state index in [1.165, 1.54) is 10.4 Å². The SMILES string of the molecule is CN=C(NCCCc1ccc(Br)cc1F)NCCN1CCCS1(=O)=O.I. The van der Waals surface area contributed by atoms with Gasteiger partial charge in [-0.25, -0.2) is 17.1 Å². The number of aliphatic imine (C=N–C) groups is 1. The molecular weight excluding hydrogens is 538 g/mol. The highest BCUT2D eigenvalue weighted by molar-refractivity contribution is 14.0. The average Bonchev–Trinajstić information content (AvgIpc) is 2.90. The van der Waals surface area contributed by atoms with Crippen LogP contribution in [-0.4, -0.2) is 57.7 Å². The Morgan fingerprint density at radius 1 is 1.35 bits per heavy atom. The number of nitrogens with one attached hydrogen (secondary N) is 2. The number of hydrogen-bond donors (Lipinski definition) is 2. The first-order valence-corrected chi connectivity index (χ1v) is 10.7. The van der Waals surface area contributed by atoms with Crippen molar-refractivity contribution in [1.82, 2.24) is 14.9 Å². The van der Waals surface area contributed by atoms with E-state index < -0.39 is 10.0 Å². The molecule has 1 aliphatic heterocycles. The summed E-state index contributed by atoms with van der Waals surface area (Å²) in [5.41, 5.74) is 0.687. The van der Waals surface area contributed by atoms with Crippen LogP contribution in [-0.2, 0) is 16.4 Å². The summed E-state index contributed by atoms with van der Waals surface area (Å²) in [5, 5.41) is 6.26. The van der Waals surface area contributed by atoms with Crippen LogP contribution in [0.15, 0.2) is 27.7 Å². The lowest BCUT2D eigenvalue weighted by Crippen LogP contribution is -2.42. The number of sulfonamides is 1. The van der Waals surface area contributed by atoms with Crippen molar-refractivity contribution in [2.24, 2.45) is 4.99 Å². The first-order chi connectivity index (χ1) is 11.9. The van der Waals surface area contributed by atoms with Crippen LogP contribution < -0.4 is 10.6 Å². The van der Waals surface area contributed by atoms with E-state index >= 15 is 0 Å². The summed E-state index contributed by atoms with van der Waals surface area (Å²) < 4.78 is 39.4. The van der Waals surface area contributed by atoms with Crippen LogP contribution in [0.3, 0.4) is 0 Å². The third-order valence-corrected chi connectivity index (χ3v) is 6.46. The Bertz CT molecular complexity index is 718. The second-order valence-corrected chi connectivity index (χ2v) is 8.84. The molecule has 0 radical (unpaired) electrons. The molecule has 1 fully saturated rings. The molecule has 1 aromatic carbocycles. The fourth-order valence-electron chi connectivity index (χ4n) is 2.67. The lowest BCUT2D eigenvalue weighted by molar-refractivity contribution is 0.445. The smallest absolute Gasteiger partial charge is 0.214 e. The Labute approximate surface area is 180 Å². The predicted molar refractivity (Wildman–Crippen MR) is 117 cm³/mol. The van der Waals surface area contributed by atoms with Crippen LogP contribution in [0.4, 0.5) is 4.39 Å². The zero-order valence-corrected chi connectivity index (χ0v) is 19.4. The zero-order valence-electron chi connectivity index (χ0n) is 14.7. The summed E-state index contributed by atoms with van der Waals surface area (Å²) in [4.78, 5) is 4.11. The number of benzene rings is 1. The minimum Gasteiger partial charge on any atom is -0.356 e. The van der Waals surface area contributed by atoms with E-state index in [0.717, 1.165) is 10.9 Å². The highest BCUT2D eigenvalue weighted by Crippen LogP contribution is 2.16. The van der Waals surface area contributed by atoms with E-state index in [1.807, 2.05) is 6.07 Å². The van der Waals surface area contributed by atoms with Crippen molar-refractivity contribution in [2.45, 2.75) is 19.3 Å². The lowest BCUT2D eigenvalue weighted by Gasteiger charge is -2.16. The maximum atomic E-state index is 13.7. The molecule has 0 aromatic heterocycles. The van der Waals surface area contributed by atoms with Gasteiger partial charge in [-0.15, -0.1) is 24.0 Å². The van der Waals surface area contributed by atoms with Gasteiger partial charge in [0.25, 0.3) is 0 Å². The maximum Gasteiger partial charge on any atom is 0.214 e. The molecule has 0 aliphatic carbocycles. The summed E-state index contributed by atoms with van der Waals surface area (Å²) in [6.45, 7) is 2.18. The van der Waals surface area contributed by atoms with Crippen LogP contribution in [0, 0.1) is 5.82 Å². The molecular formula is C16H25BrFIN4O2S. The summed E-state index contributed by atoms with van der Waals surface area (Å²) in [6, 6.07) is 5.08. The van der Waals surface area contributed by atoms with E-state index in [-0.39, 0.29) is 35.5 Å². The van der Waals surface area contributed by atoms with Crippen LogP contribution >= 0.6 is 39.9 Å². The Hall–Kier alpha value is -0.460.